The number of thiocarbonyl (C=S) groups is 1. The van der Waals surface area contributed by atoms with Gasteiger partial charge in [0, 0.05) is 11.3 Å². The van der Waals surface area contributed by atoms with Crippen molar-refractivity contribution in [3.63, 3.8) is 0 Å². The first-order valence-corrected chi connectivity index (χ1v) is 7.51. The van der Waals surface area contributed by atoms with Gasteiger partial charge in [0.1, 0.15) is 5.52 Å². The number of anilines is 1. The molecule has 3 aromatic rings. The predicted octanol–water partition coefficient (Wildman–Crippen LogP) is 4.27. The summed E-state index contributed by atoms with van der Waals surface area (Å²) < 4.78 is 5.81. The number of nitrogens with two attached hydrogens (primary N) is 1. The number of benzene rings is 2. The molecule has 1 aromatic heterocycles. The van der Waals surface area contributed by atoms with Crippen LogP contribution in [0.25, 0.3) is 22.6 Å². The highest BCUT2D eigenvalue weighted by Gasteiger charge is 2.09. The smallest absolute Gasteiger partial charge is 0.227 e. The molecule has 3 N–H and O–H groups in total. The van der Waals surface area contributed by atoms with E-state index in [0.29, 0.717) is 11.8 Å². The highest BCUT2D eigenvalue weighted by atomic mass is 32.1. The van der Waals surface area contributed by atoms with Crippen molar-refractivity contribution in [2.24, 2.45) is 5.73 Å². The molecular weight excluding hydrogens is 294 g/mol. The first-order valence-electron chi connectivity index (χ1n) is 7.10. The molecule has 0 atom stereocenters. The van der Waals surface area contributed by atoms with E-state index in [1.54, 1.807) is 0 Å². The van der Waals surface area contributed by atoms with Gasteiger partial charge in [-0.15, -0.1) is 0 Å². The summed E-state index contributed by atoms with van der Waals surface area (Å²) in [4.78, 5) is 4.53. The van der Waals surface area contributed by atoms with Gasteiger partial charge in [-0.2, -0.15) is 0 Å². The maximum Gasteiger partial charge on any atom is 0.227 e. The third-order valence-electron chi connectivity index (χ3n) is 3.48. The standard InChI is InChI=1S/C17H17N3OS/c1-10(2)11-3-5-12(6-4-11)16-20-14-9-13(19-17(18)22)7-8-15(14)21-16/h3-10H,1-2H3,(H3,18,19,22). The molecule has 2 aromatic carbocycles. The fourth-order valence-electron chi connectivity index (χ4n) is 2.28. The van der Waals surface area contributed by atoms with Crippen molar-refractivity contribution in [1.29, 1.82) is 0 Å². The van der Waals surface area contributed by atoms with Gasteiger partial charge in [-0.05, 0) is 54.0 Å². The van der Waals surface area contributed by atoms with Crippen LogP contribution in [-0.2, 0) is 0 Å². The van der Waals surface area contributed by atoms with E-state index in [9.17, 15) is 0 Å². The van der Waals surface area contributed by atoms with Crippen LogP contribution in [0, 0.1) is 0 Å². The summed E-state index contributed by atoms with van der Waals surface area (Å²) in [5, 5.41) is 3.12. The number of nitrogens with zero attached hydrogens (tertiary/aromatic N) is 1. The van der Waals surface area contributed by atoms with Crippen LogP contribution in [0.2, 0.25) is 0 Å². The molecule has 0 saturated heterocycles. The van der Waals surface area contributed by atoms with Crippen molar-refractivity contribution < 1.29 is 4.42 Å². The summed E-state index contributed by atoms with van der Waals surface area (Å²) >= 11 is 4.84. The van der Waals surface area contributed by atoms with E-state index < -0.39 is 0 Å². The SMILES string of the molecule is CC(C)c1ccc(-c2nc3cc(NC(N)=S)ccc3o2)cc1. The Kier molecular flexibility index (Phi) is 3.81. The zero-order chi connectivity index (χ0) is 15.7. The average molecular weight is 311 g/mol. The Hall–Kier alpha value is -2.40. The molecule has 0 aliphatic heterocycles. The normalized spacial score (nSPS) is 11.0. The zero-order valence-corrected chi connectivity index (χ0v) is 13.3. The van der Waals surface area contributed by atoms with E-state index in [1.165, 1.54) is 5.56 Å². The van der Waals surface area contributed by atoms with Gasteiger partial charge in [0.2, 0.25) is 5.89 Å². The van der Waals surface area contributed by atoms with Crippen molar-refractivity contribution in [2.45, 2.75) is 19.8 Å². The first kappa shape index (κ1) is 14.5. The molecule has 4 nitrogen and oxygen atoms in total. The van der Waals surface area contributed by atoms with Crippen molar-refractivity contribution in [3.05, 3.63) is 48.0 Å². The Balaban J connectivity index is 1.95. The van der Waals surface area contributed by atoms with E-state index in [2.05, 4.69) is 36.3 Å². The maximum absolute atomic E-state index is 5.81. The van der Waals surface area contributed by atoms with Crippen molar-refractivity contribution in [2.75, 3.05) is 5.32 Å². The number of hydrogen-bond acceptors (Lipinski definition) is 3. The molecule has 22 heavy (non-hydrogen) atoms. The minimum Gasteiger partial charge on any atom is -0.436 e. The fourth-order valence-corrected chi connectivity index (χ4v) is 2.40. The summed E-state index contributed by atoms with van der Waals surface area (Å²) in [7, 11) is 0. The molecule has 0 radical (unpaired) electrons. The molecule has 0 bridgehead atoms. The van der Waals surface area contributed by atoms with E-state index >= 15 is 0 Å². The topological polar surface area (TPSA) is 64.1 Å². The second kappa shape index (κ2) is 5.77. The third kappa shape index (κ3) is 2.94. The van der Waals surface area contributed by atoms with Crippen LogP contribution in [0.4, 0.5) is 5.69 Å². The lowest BCUT2D eigenvalue weighted by atomic mass is 10.0. The number of fused-ring (bicyclic) bond motifs is 1. The van der Waals surface area contributed by atoms with Gasteiger partial charge in [0.15, 0.2) is 10.7 Å². The molecule has 0 spiro atoms. The lowest BCUT2D eigenvalue weighted by molar-refractivity contribution is 0.620. The summed E-state index contributed by atoms with van der Waals surface area (Å²) in [5.74, 6) is 1.11. The second-order valence-electron chi connectivity index (χ2n) is 5.47. The second-order valence-corrected chi connectivity index (χ2v) is 5.91. The van der Waals surface area contributed by atoms with Crippen molar-refractivity contribution in [1.82, 2.24) is 4.98 Å². The molecule has 0 aliphatic rings. The van der Waals surface area contributed by atoms with Crippen LogP contribution in [-0.4, -0.2) is 10.1 Å². The Bertz CT molecular complexity index is 822. The van der Waals surface area contributed by atoms with Crippen LogP contribution >= 0.6 is 12.2 Å². The molecule has 0 fully saturated rings. The number of oxazole rings is 1. The van der Waals surface area contributed by atoms with Gasteiger partial charge < -0.3 is 15.5 Å². The number of aromatic nitrogens is 1. The molecule has 112 valence electrons. The van der Waals surface area contributed by atoms with E-state index in [1.807, 2.05) is 30.3 Å². The van der Waals surface area contributed by atoms with Crippen molar-refractivity contribution in [3.8, 4) is 11.5 Å². The summed E-state index contributed by atoms with van der Waals surface area (Å²) in [6, 6.07) is 13.9. The van der Waals surface area contributed by atoms with E-state index in [0.717, 1.165) is 22.4 Å². The van der Waals surface area contributed by atoms with Crippen LogP contribution < -0.4 is 11.1 Å². The predicted molar refractivity (Wildman–Crippen MR) is 93.9 cm³/mol. The number of rotatable bonds is 3. The highest BCUT2D eigenvalue weighted by molar-refractivity contribution is 7.80. The minimum atomic E-state index is 0.229. The molecule has 0 amide bonds. The van der Waals surface area contributed by atoms with Gasteiger partial charge in [-0.25, -0.2) is 4.98 Å². The van der Waals surface area contributed by atoms with Gasteiger partial charge in [0.05, 0.1) is 0 Å². The largest absolute Gasteiger partial charge is 0.436 e. The average Bonchev–Trinajstić information content (AvgIpc) is 2.90. The Morgan fingerprint density at radius 3 is 2.55 bits per heavy atom. The van der Waals surface area contributed by atoms with E-state index in [4.69, 9.17) is 22.4 Å². The van der Waals surface area contributed by atoms with Crippen LogP contribution in [0.15, 0.2) is 46.9 Å². The first-order chi connectivity index (χ1) is 10.5. The summed E-state index contributed by atoms with van der Waals surface area (Å²) in [5.41, 5.74) is 10.0. The molecule has 5 heteroatoms. The fraction of sp³-hybridized carbons (Fsp3) is 0.176. The summed E-state index contributed by atoms with van der Waals surface area (Å²) in [6.07, 6.45) is 0. The Labute approximate surface area is 134 Å². The Morgan fingerprint density at radius 1 is 1.18 bits per heavy atom. The van der Waals surface area contributed by atoms with Gasteiger partial charge in [-0.1, -0.05) is 26.0 Å². The van der Waals surface area contributed by atoms with E-state index in [-0.39, 0.29) is 5.11 Å². The lowest BCUT2D eigenvalue weighted by Gasteiger charge is -2.04. The van der Waals surface area contributed by atoms with Gasteiger partial charge in [0.25, 0.3) is 0 Å². The van der Waals surface area contributed by atoms with Crippen LogP contribution in [0.5, 0.6) is 0 Å². The highest BCUT2D eigenvalue weighted by Crippen LogP contribution is 2.27. The minimum absolute atomic E-state index is 0.229. The van der Waals surface area contributed by atoms with Crippen molar-refractivity contribution >= 4 is 34.1 Å². The molecule has 0 unspecified atom stereocenters. The van der Waals surface area contributed by atoms with Gasteiger partial charge >= 0.3 is 0 Å². The molecular formula is C17H17N3OS. The maximum atomic E-state index is 5.81. The monoisotopic (exact) mass is 311 g/mol. The number of nitrogens with one attached hydrogen (secondary N) is 1. The Morgan fingerprint density at radius 2 is 1.91 bits per heavy atom. The molecule has 0 aliphatic carbocycles. The number of hydrogen-bond donors (Lipinski definition) is 2. The van der Waals surface area contributed by atoms with Gasteiger partial charge in [-0.3, -0.25) is 0 Å². The van der Waals surface area contributed by atoms with Crippen LogP contribution in [0.1, 0.15) is 25.3 Å². The third-order valence-corrected chi connectivity index (χ3v) is 3.58. The summed E-state index contributed by atoms with van der Waals surface area (Å²) in [6.45, 7) is 4.34. The lowest BCUT2D eigenvalue weighted by Crippen LogP contribution is -2.18. The zero-order valence-electron chi connectivity index (χ0n) is 12.5. The quantitative estimate of drug-likeness (QED) is 0.707. The molecule has 0 saturated carbocycles. The molecule has 1 heterocycles. The van der Waals surface area contributed by atoms with Crippen LogP contribution in [0.3, 0.4) is 0 Å². The molecule has 3 rings (SSSR count).